The molecule has 6 nitrogen and oxygen atoms in total. The van der Waals surface area contributed by atoms with Crippen LogP contribution in [0.4, 0.5) is 5.69 Å². The monoisotopic (exact) mass is 409 g/mol. The van der Waals surface area contributed by atoms with E-state index in [9.17, 15) is 0 Å². The highest BCUT2D eigenvalue weighted by Gasteiger charge is 2.24. The number of aliphatic imine (C=N–C) groups is 1. The second kappa shape index (κ2) is 8.87. The van der Waals surface area contributed by atoms with Crippen LogP contribution in [0.2, 0.25) is 0 Å². The van der Waals surface area contributed by atoms with Crippen molar-refractivity contribution >= 4 is 27.6 Å². The zero-order valence-electron chi connectivity index (χ0n) is 15.0. The van der Waals surface area contributed by atoms with Crippen molar-refractivity contribution in [3.63, 3.8) is 0 Å². The number of hydrogen-bond acceptors (Lipinski definition) is 4. The molecule has 2 heterocycles. The summed E-state index contributed by atoms with van der Waals surface area (Å²) in [4.78, 5) is 9.08. The smallest absolute Gasteiger partial charge is 0.191 e. The van der Waals surface area contributed by atoms with Crippen molar-refractivity contribution in [3.05, 3.63) is 28.7 Å². The van der Waals surface area contributed by atoms with Crippen LogP contribution in [0, 0.1) is 0 Å². The summed E-state index contributed by atoms with van der Waals surface area (Å²) in [7, 11) is 3.96. The Morgan fingerprint density at radius 2 is 2.08 bits per heavy atom. The van der Waals surface area contributed by atoms with Gasteiger partial charge in [0.2, 0.25) is 0 Å². The summed E-state index contributed by atoms with van der Waals surface area (Å²) in [5, 5.41) is 6.96. The first-order valence-corrected chi connectivity index (χ1v) is 9.71. The van der Waals surface area contributed by atoms with Crippen molar-refractivity contribution in [2.75, 3.05) is 58.3 Å². The summed E-state index contributed by atoms with van der Waals surface area (Å²) in [5.74, 6) is 0.861. The third-order valence-electron chi connectivity index (χ3n) is 4.78. The average Bonchev–Trinajstić information content (AvgIpc) is 3.08. The van der Waals surface area contributed by atoms with Crippen molar-refractivity contribution in [2.24, 2.45) is 4.99 Å². The van der Waals surface area contributed by atoms with E-state index in [1.165, 1.54) is 5.69 Å². The van der Waals surface area contributed by atoms with Crippen LogP contribution in [0.15, 0.2) is 33.7 Å². The molecule has 7 heteroatoms. The molecule has 1 aromatic rings. The standard InChI is InChI=1S/C18H28BrN5O/c1-20-18(21-11-17-13-23(2)9-10-25-17)22-15-7-8-24(12-15)16-5-3-14(19)4-6-16/h3-6,15,17H,7-13H2,1-2H3,(H2,20,21,22). The van der Waals surface area contributed by atoms with Gasteiger partial charge in [-0.05, 0) is 37.7 Å². The third-order valence-corrected chi connectivity index (χ3v) is 5.31. The minimum Gasteiger partial charge on any atom is -0.374 e. The van der Waals surface area contributed by atoms with Gasteiger partial charge in [0, 0.05) is 56.0 Å². The number of morpholine rings is 1. The molecule has 3 rings (SSSR count). The number of nitrogens with one attached hydrogen (secondary N) is 2. The maximum absolute atomic E-state index is 5.80. The number of benzene rings is 1. The first kappa shape index (κ1) is 18.5. The quantitative estimate of drug-likeness (QED) is 0.583. The molecule has 0 aliphatic carbocycles. The Labute approximate surface area is 158 Å². The summed E-state index contributed by atoms with van der Waals surface area (Å²) < 4.78 is 6.91. The summed E-state index contributed by atoms with van der Waals surface area (Å²) in [6.07, 6.45) is 1.33. The van der Waals surface area contributed by atoms with Crippen LogP contribution in [-0.2, 0) is 4.74 Å². The van der Waals surface area contributed by atoms with E-state index in [4.69, 9.17) is 4.74 Å². The Hall–Kier alpha value is -1.31. The molecule has 25 heavy (non-hydrogen) atoms. The van der Waals surface area contributed by atoms with Crippen LogP contribution >= 0.6 is 15.9 Å². The highest BCUT2D eigenvalue weighted by molar-refractivity contribution is 9.10. The minimum atomic E-state index is 0.222. The molecule has 0 aromatic heterocycles. The van der Waals surface area contributed by atoms with Crippen LogP contribution < -0.4 is 15.5 Å². The first-order chi connectivity index (χ1) is 12.1. The summed E-state index contributed by atoms with van der Waals surface area (Å²) in [5.41, 5.74) is 1.27. The number of rotatable bonds is 4. The summed E-state index contributed by atoms with van der Waals surface area (Å²) >= 11 is 3.49. The number of nitrogens with zero attached hydrogens (tertiary/aromatic N) is 3. The molecule has 0 amide bonds. The number of ether oxygens (including phenoxy) is 1. The third kappa shape index (κ3) is 5.33. The van der Waals surface area contributed by atoms with Gasteiger partial charge in [0.15, 0.2) is 5.96 Å². The van der Waals surface area contributed by atoms with Crippen LogP contribution in [-0.4, -0.2) is 76.4 Å². The molecule has 0 spiro atoms. The van der Waals surface area contributed by atoms with Crippen LogP contribution in [0.5, 0.6) is 0 Å². The SMILES string of the molecule is CN=C(NCC1CN(C)CCO1)NC1CCN(c2ccc(Br)cc2)C1. The Bertz CT molecular complexity index is 579. The largest absolute Gasteiger partial charge is 0.374 e. The molecule has 0 saturated carbocycles. The van der Waals surface area contributed by atoms with Gasteiger partial charge in [0.05, 0.1) is 12.7 Å². The highest BCUT2D eigenvalue weighted by atomic mass is 79.9. The topological polar surface area (TPSA) is 52.1 Å². The maximum atomic E-state index is 5.80. The number of likely N-dealkylation sites (N-methyl/N-ethyl adjacent to an activating group) is 1. The van der Waals surface area contributed by atoms with E-state index in [2.05, 4.69) is 72.7 Å². The van der Waals surface area contributed by atoms with E-state index in [-0.39, 0.29) is 6.10 Å². The van der Waals surface area contributed by atoms with Gasteiger partial charge < -0.3 is 25.2 Å². The van der Waals surface area contributed by atoms with Gasteiger partial charge in [-0.3, -0.25) is 4.99 Å². The summed E-state index contributed by atoms with van der Waals surface area (Å²) in [6, 6.07) is 8.92. The lowest BCUT2D eigenvalue weighted by Crippen LogP contribution is -2.50. The van der Waals surface area contributed by atoms with Crippen LogP contribution in [0.3, 0.4) is 0 Å². The van der Waals surface area contributed by atoms with E-state index in [0.717, 1.165) is 56.2 Å². The molecule has 2 N–H and O–H groups in total. The van der Waals surface area contributed by atoms with E-state index in [0.29, 0.717) is 6.04 Å². The molecule has 2 fully saturated rings. The molecule has 0 radical (unpaired) electrons. The molecule has 2 aliphatic heterocycles. The lowest BCUT2D eigenvalue weighted by Gasteiger charge is -2.30. The number of guanidine groups is 1. The second-order valence-corrected chi connectivity index (χ2v) is 7.68. The van der Waals surface area contributed by atoms with Crippen molar-refractivity contribution in [1.82, 2.24) is 15.5 Å². The van der Waals surface area contributed by atoms with Crippen LogP contribution in [0.1, 0.15) is 6.42 Å². The number of halogens is 1. The summed E-state index contributed by atoms with van der Waals surface area (Å²) in [6.45, 7) is 5.62. The Morgan fingerprint density at radius 1 is 1.28 bits per heavy atom. The number of anilines is 1. The Balaban J connectivity index is 1.45. The molecule has 0 bridgehead atoms. The maximum Gasteiger partial charge on any atom is 0.191 e. The van der Waals surface area contributed by atoms with E-state index < -0.39 is 0 Å². The van der Waals surface area contributed by atoms with E-state index >= 15 is 0 Å². The second-order valence-electron chi connectivity index (χ2n) is 6.76. The van der Waals surface area contributed by atoms with Crippen LogP contribution in [0.25, 0.3) is 0 Å². The lowest BCUT2D eigenvalue weighted by atomic mass is 10.2. The van der Waals surface area contributed by atoms with Gasteiger partial charge >= 0.3 is 0 Å². The van der Waals surface area contributed by atoms with Gasteiger partial charge in [-0.1, -0.05) is 15.9 Å². The molecule has 2 aliphatic rings. The Kier molecular flexibility index (Phi) is 6.56. The van der Waals surface area contributed by atoms with Gasteiger partial charge in [0.1, 0.15) is 0 Å². The first-order valence-electron chi connectivity index (χ1n) is 8.92. The highest BCUT2D eigenvalue weighted by Crippen LogP contribution is 2.22. The Morgan fingerprint density at radius 3 is 2.80 bits per heavy atom. The zero-order valence-corrected chi connectivity index (χ0v) is 16.6. The fourth-order valence-electron chi connectivity index (χ4n) is 3.35. The van der Waals surface area contributed by atoms with Gasteiger partial charge in [-0.2, -0.15) is 0 Å². The molecular formula is C18H28BrN5O. The fourth-order valence-corrected chi connectivity index (χ4v) is 3.62. The van der Waals surface area contributed by atoms with Crippen molar-refractivity contribution < 1.29 is 4.74 Å². The van der Waals surface area contributed by atoms with E-state index in [1.807, 2.05) is 7.05 Å². The van der Waals surface area contributed by atoms with Gasteiger partial charge in [0.25, 0.3) is 0 Å². The molecular weight excluding hydrogens is 382 g/mol. The zero-order chi connectivity index (χ0) is 17.6. The van der Waals surface area contributed by atoms with Crippen molar-refractivity contribution in [2.45, 2.75) is 18.6 Å². The lowest BCUT2D eigenvalue weighted by molar-refractivity contribution is -0.0161. The molecule has 2 atom stereocenters. The fraction of sp³-hybridized carbons (Fsp3) is 0.611. The van der Waals surface area contributed by atoms with Gasteiger partial charge in [-0.15, -0.1) is 0 Å². The van der Waals surface area contributed by atoms with E-state index in [1.54, 1.807) is 0 Å². The predicted octanol–water partition coefficient (Wildman–Crippen LogP) is 1.52. The predicted molar refractivity (Wildman–Crippen MR) is 106 cm³/mol. The van der Waals surface area contributed by atoms with Crippen molar-refractivity contribution in [3.8, 4) is 0 Å². The molecule has 2 saturated heterocycles. The molecule has 1 aromatic carbocycles. The average molecular weight is 410 g/mol. The minimum absolute atomic E-state index is 0.222. The molecule has 2 unspecified atom stereocenters. The van der Waals surface area contributed by atoms with Crippen molar-refractivity contribution in [1.29, 1.82) is 0 Å². The van der Waals surface area contributed by atoms with Gasteiger partial charge in [-0.25, -0.2) is 0 Å². The number of hydrogen-bond donors (Lipinski definition) is 2. The normalized spacial score (nSPS) is 25.2. The molecule has 138 valence electrons.